The molecule has 1 aromatic carbocycles. The van der Waals surface area contributed by atoms with Gasteiger partial charge in [-0.05, 0) is 48.8 Å². The van der Waals surface area contributed by atoms with E-state index in [-0.39, 0.29) is 17.2 Å². The summed E-state index contributed by atoms with van der Waals surface area (Å²) in [6.45, 7) is 3.02. The maximum atomic E-state index is 12.8. The first-order valence-electron chi connectivity index (χ1n) is 10.4. The normalized spacial score (nSPS) is 18.8. The molecule has 0 saturated carbocycles. The highest BCUT2D eigenvalue weighted by Gasteiger charge is 2.41. The molecule has 1 aromatic heterocycles. The van der Waals surface area contributed by atoms with Crippen LogP contribution in [-0.2, 0) is 11.2 Å². The maximum Gasteiger partial charge on any atom is 0.254 e. The lowest BCUT2D eigenvalue weighted by Gasteiger charge is -2.47. The van der Waals surface area contributed by atoms with Gasteiger partial charge in [0.1, 0.15) is 5.82 Å². The van der Waals surface area contributed by atoms with Crippen LogP contribution in [0.5, 0.6) is 0 Å². The van der Waals surface area contributed by atoms with E-state index < -0.39 is 0 Å². The Labute approximate surface area is 171 Å². The minimum Gasteiger partial charge on any atom is -0.384 e. The molecule has 2 aliphatic rings. The molecule has 2 aromatic rings. The second-order valence-corrected chi connectivity index (χ2v) is 8.31. The summed E-state index contributed by atoms with van der Waals surface area (Å²) in [4.78, 5) is 33.2. The Bertz CT molecular complexity index is 875. The molecular weight excluding hydrogens is 364 g/mol. The fourth-order valence-electron chi connectivity index (χ4n) is 4.57. The van der Waals surface area contributed by atoms with Crippen LogP contribution in [0.3, 0.4) is 0 Å². The zero-order valence-electron chi connectivity index (χ0n) is 16.7. The third-order valence-corrected chi connectivity index (χ3v) is 6.40. The largest absolute Gasteiger partial charge is 0.384 e. The van der Waals surface area contributed by atoms with Gasteiger partial charge in [0.15, 0.2) is 0 Å². The number of carbonyl (C=O) groups is 2. The van der Waals surface area contributed by atoms with Gasteiger partial charge in [0.05, 0.1) is 0 Å². The molecule has 6 nitrogen and oxygen atoms in total. The Hall–Kier alpha value is -2.89. The second kappa shape index (κ2) is 8.23. The van der Waals surface area contributed by atoms with Crippen molar-refractivity contribution in [1.82, 2.24) is 14.8 Å². The number of rotatable bonds is 4. The van der Waals surface area contributed by atoms with Crippen molar-refractivity contribution < 1.29 is 9.59 Å². The lowest BCUT2D eigenvalue weighted by molar-refractivity contribution is -0.138. The summed E-state index contributed by atoms with van der Waals surface area (Å²) >= 11 is 0. The first-order chi connectivity index (χ1) is 14.0. The number of nitrogens with two attached hydrogens (primary N) is 1. The first-order valence-corrected chi connectivity index (χ1v) is 10.4. The van der Waals surface area contributed by atoms with Gasteiger partial charge in [-0.15, -0.1) is 0 Å². The van der Waals surface area contributed by atoms with E-state index in [1.807, 2.05) is 28.0 Å². The molecule has 0 atom stereocenters. The topological polar surface area (TPSA) is 79.5 Å². The Morgan fingerprint density at radius 3 is 2.59 bits per heavy atom. The molecule has 2 saturated heterocycles. The fourth-order valence-corrected chi connectivity index (χ4v) is 4.57. The third-order valence-electron chi connectivity index (χ3n) is 6.40. The van der Waals surface area contributed by atoms with Gasteiger partial charge in [0.25, 0.3) is 5.91 Å². The quantitative estimate of drug-likeness (QED) is 0.868. The second-order valence-electron chi connectivity index (χ2n) is 8.31. The first kappa shape index (κ1) is 19.4. The zero-order chi connectivity index (χ0) is 20.3. The number of benzene rings is 1. The van der Waals surface area contributed by atoms with E-state index in [0.29, 0.717) is 17.8 Å². The van der Waals surface area contributed by atoms with E-state index in [1.54, 1.807) is 18.3 Å². The Balaban J connectivity index is 1.36. The number of carbonyl (C=O) groups excluding carboxylic acids is 2. The van der Waals surface area contributed by atoms with Gasteiger partial charge < -0.3 is 15.5 Å². The Morgan fingerprint density at radius 2 is 1.86 bits per heavy atom. The minimum atomic E-state index is 0.0155. The zero-order valence-corrected chi connectivity index (χ0v) is 16.7. The van der Waals surface area contributed by atoms with Crippen molar-refractivity contribution in [3.05, 3.63) is 59.8 Å². The summed E-state index contributed by atoms with van der Waals surface area (Å²) in [5.74, 6) is 0.642. The number of amides is 2. The molecule has 0 unspecified atom stereocenters. The Kier molecular flexibility index (Phi) is 5.51. The molecule has 3 heterocycles. The van der Waals surface area contributed by atoms with E-state index in [4.69, 9.17) is 5.73 Å². The van der Waals surface area contributed by atoms with Gasteiger partial charge in [0, 0.05) is 44.4 Å². The van der Waals surface area contributed by atoms with Gasteiger partial charge >= 0.3 is 0 Å². The predicted octanol–water partition coefficient (Wildman–Crippen LogP) is 2.75. The van der Waals surface area contributed by atoms with Crippen LogP contribution in [0, 0.1) is 5.41 Å². The highest BCUT2D eigenvalue weighted by Crippen LogP contribution is 2.40. The number of hydrogen-bond acceptors (Lipinski definition) is 4. The minimum absolute atomic E-state index is 0.0155. The van der Waals surface area contributed by atoms with Crippen LogP contribution < -0.4 is 5.73 Å². The molecule has 4 rings (SSSR count). The molecule has 2 aliphatic heterocycles. The molecule has 1 spiro atoms. The van der Waals surface area contributed by atoms with Gasteiger partial charge in [-0.25, -0.2) is 4.98 Å². The number of hydrogen-bond donors (Lipinski definition) is 1. The molecular formula is C23H28N4O2. The molecule has 0 bridgehead atoms. The highest BCUT2D eigenvalue weighted by atomic mass is 16.2. The maximum absolute atomic E-state index is 12.8. The summed E-state index contributed by atoms with van der Waals surface area (Å²) in [7, 11) is 0. The lowest BCUT2D eigenvalue weighted by Crippen LogP contribution is -2.52. The SMILES string of the molecule is Nc1cc(C(=O)N2CCC3(CCC(=O)N(CCc4ccccc4)C3)CC2)ccn1. The number of aromatic nitrogens is 1. The molecule has 2 fully saturated rings. The van der Waals surface area contributed by atoms with Crippen LogP contribution in [0.2, 0.25) is 0 Å². The van der Waals surface area contributed by atoms with Crippen molar-refractivity contribution in [2.24, 2.45) is 5.41 Å². The van der Waals surface area contributed by atoms with Crippen molar-refractivity contribution in [3.63, 3.8) is 0 Å². The van der Waals surface area contributed by atoms with Crippen molar-refractivity contribution in [1.29, 1.82) is 0 Å². The van der Waals surface area contributed by atoms with Crippen LogP contribution in [0.1, 0.15) is 41.6 Å². The summed E-state index contributed by atoms with van der Waals surface area (Å²) in [5, 5.41) is 0. The van der Waals surface area contributed by atoms with Crippen molar-refractivity contribution in [3.8, 4) is 0 Å². The van der Waals surface area contributed by atoms with Crippen LogP contribution in [0.4, 0.5) is 5.82 Å². The van der Waals surface area contributed by atoms with Crippen LogP contribution in [0.25, 0.3) is 0 Å². The van der Waals surface area contributed by atoms with Crippen molar-refractivity contribution in [2.75, 3.05) is 31.9 Å². The van der Waals surface area contributed by atoms with E-state index in [2.05, 4.69) is 17.1 Å². The molecule has 0 aliphatic carbocycles. The molecule has 2 N–H and O–H groups in total. The smallest absolute Gasteiger partial charge is 0.254 e. The van der Waals surface area contributed by atoms with Crippen LogP contribution in [-0.4, -0.2) is 52.8 Å². The van der Waals surface area contributed by atoms with Gasteiger partial charge in [0.2, 0.25) is 5.91 Å². The van der Waals surface area contributed by atoms with E-state index in [1.165, 1.54) is 5.56 Å². The predicted molar refractivity (Wildman–Crippen MR) is 112 cm³/mol. The van der Waals surface area contributed by atoms with Crippen molar-refractivity contribution >= 4 is 17.6 Å². The number of anilines is 1. The van der Waals surface area contributed by atoms with Gasteiger partial charge in [-0.2, -0.15) is 0 Å². The van der Waals surface area contributed by atoms with Crippen LogP contribution in [0.15, 0.2) is 48.7 Å². The van der Waals surface area contributed by atoms with Crippen molar-refractivity contribution in [2.45, 2.75) is 32.1 Å². The molecule has 152 valence electrons. The molecule has 29 heavy (non-hydrogen) atoms. The average Bonchev–Trinajstić information content (AvgIpc) is 2.75. The number of pyridine rings is 1. The summed E-state index contributed by atoms with van der Waals surface area (Å²) < 4.78 is 0. The number of nitrogen functional groups attached to an aromatic ring is 1. The Morgan fingerprint density at radius 1 is 1.10 bits per heavy atom. The fraction of sp³-hybridized carbons (Fsp3) is 0.435. The standard InChI is InChI=1S/C23H28N4O2/c24-20-16-19(7-12-25-20)22(29)26-14-10-23(11-15-26)9-6-21(28)27(17-23)13-8-18-4-2-1-3-5-18/h1-5,7,12,16H,6,8-11,13-15,17H2,(H2,24,25). The average molecular weight is 393 g/mol. The van der Waals surface area contributed by atoms with E-state index in [9.17, 15) is 9.59 Å². The summed E-state index contributed by atoms with van der Waals surface area (Å²) in [5.41, 5.74) is 7.71. The number of nitrogens with zero attached hydrogens (tertiary/aromatic N) is 3. The van der Waals surface area contributed by atoms with E-state index >= 15 is 0 Å². The lowest BCUT2D eigenvalue weighted by atomic mass is 9.72. The van der Waals surface area contributed by atoms with Crippen LogP contribution >= 0.6 is 0 Å². The summed E-state index contributed by atoms with van der Waals surface area (Å²) in [6, 6.07) is 13.7. The number of likely N-dealkylation sites (tertiary alicyclic amines) is 2. The number of piperidine rings is 2. The summed E-state index contributed by atoms with van der Waals surface area (Å²) in [6.07, 6.45) is 5.88. The van der Waals surface area contributed by atoms with E-state index in [0.717, 1.165) is 51.9 Å². The third kappa shape index (κ3) is 4.42. The molecule has 2 amide bonds. The van der Waals surface area contributed by atoms with Gasteiger partial charge in [-0.1, -0.05) is 30.3 Å². The highest BCUT2D eigenvalue weighted by molar-refractivity contribution is 5.94. The molecule has 0 radical (unpaired) electrons. The molecule has 6 heteroatoms. The monoisotopic (exact) mass is 392 g/mol. The van der Waals surface area contributed by atoms with Gasteiger partial charge in [-0.3, -0.25) is 9.59 Å².